The maximum Gasteiger partial charge on any atom is 0.210 e. The van der Waals surface area contributed by atoms with Gasteiger partial charge in [0.25, 0.3) is 0 Å². The maximum atomic E-state index is 13.6. The van der Waals surface area contributed by atoms with Gasteiger partial charge >= 0.3 is 0 Å². The van der Waals surface area contributed by atoms with Gasteiger partial charge in [0.1, 0.15) is 10.6 Å². The van der Waals surface area contributed by atoms with E-state index in [-0.39, 0.29) is 9.79 Å². The van der Waals surface area contributed by atoms with Crippen LogP contribution in [-0.4, -0.2) is 30.1 Å². The van der Waals surface area contributed by atoms with E-state index in [9.17, 15) is 8.42 Å². The van der Waals surface area contributed by atoms with E-state index in [2.05, 4.69) is 4.98 Å². The summed E-state index contributed by atoms with van der Waals surface area (Å²) in [6, 6.07) is 24.6. The van der Waals surface area contributed by atoms with Crippen LogP contribution in [-0.2, 0) is 9.84 Å². The SMILES string of the molecule is COc1ccc(-c2cc3ncc(S(=O)(=O)c4ccccc4)c(-c4ccc(Cl)cc4)n3n2)cc1. The smallest absolute Gasteiger partial charge is 0.210 e. The Morgan fingerprint density at radius 3 is 2.21 bits per heavy atom. The number of hydrogen-bond acceptors (Lipinski definition) is 5. The summed E-state index contributed by atoms with van der Waals surface area (Å²) in [5, 5.41) is 5.27. The number of nitrogens with zero attached hydrogens (tertiary/aromatic N) is 3. The minimum Gasteiger partial charge on any atom is -0.497 e. The van der Waals surface area contributed by atoms with Crippen LogP contribution in [0.25, 0.3) is 28.2 Å². The van der Waals surface area contributed by atoms with Gasteiger partial charge in [0.2, 0.25) is 9.84 Å². The molecule has 0 N–H and O–H groups in total. The minimum absolute atomic E-state index is 0.0629. The molecule has 3 aromatic carbocycles. The molecule has 2 heterocycles. The van der Waals surface area contributed by atoms with Gasteiger partial charge in [-0.05, 0) is 48.5 Å². The van der Waals surface area contributed by atoms with Crippen LogP contribution in [0.5, 0.6) is 5.75 Å². The van der Waals surface area contributed by atoms with Crippen molar-refractivity contribution in [3.63, 3.8) is 0 Å². The summed E-state index contributed by atoms with van der Waals surface area (Å²) in [7, 11) is -2.25. The van der Waals surface area contributed by atoms with Crippen molar-refractivity contribution in [1.29, 1.82) is 0 Å². The summed E-state index contributed by atoms with van der Waals surface area (Å²) in [5.74, 6) is 0.735. The van der Waals surface area contributed by atoms with E-state index in [4.69, 9.17) is 21.4 Å². The van der Waals surface area contributed by atoms with E-state index in [1.165, 1.54) is 6.20 Å². The van der Waals surface area contributed by atoms with Crippen LogP contribution in [0.2, 0.25) is 5.02 Å². The Morgan fingerprint density at radius 1 is 0.879 bits per heavy atom. The Hall–Kier alpha value is -3.68. The number of rotatable bonds is 5. The first-order valence-electron chi connectivity index (χ1n) is 10.1. The summed E-state index contributed by atoms with van der Waals surface area (Å²) in [6.07, 6.45) is 1.39. The first kappa shape index (κ1) is 21.2. The molecule has 33 heavy (non-hydrogen) atoms. The van der Waals surface area contributed by atoms with Gasteiger partial charge in [0.15, 0.2) is 5.65 Å². The molecule has 0 spiro atoms. The fourth-order valence-corrected chi connectivity index (χ4v) is 5.16. The molecule has 164 valence electrons. The maximum absolute atomic E-state index is 13.6. The lowest BCUT2D eigenvalue weighted by Gasteiger charge is -2.12. The standard InChI is InChI=1S/C25H18ClN3O3S/c1-32-20-13-9-17(10-14-20)22-15-24-27-16-23(33(30,31)21-5-3-2-4-6-21)25(29(24)28-22)18-7-11-19(26)12-8-18/h2-16H,1H3. The van der Waals surface area contributed by atoms with Gasteiger partial charge < -0.3 is 4.74 Å². The predicted molar refractivity (Wildman–Crippen MR) is 127 cm³/mol. The summed E-state index contributed by atoms with van der Waals surface area (Å²) in [4.78, 5) is 4.67. The second-order valence-corrected chi connectivity index (χ2v) is 9.68. The van der Waals surface area contributed by atoms with Crippen LogP contribution in [0.15, 0.2) is 101 Å². The first-order chi connectivity index (χ1) is 16.0. The fraction of sp³-hybridized carbons (Fsp3) is 0.0400. The highest BCUT2D eigenvalue weighted by molar-refractivity contribution is 7.91. The Bertz CT molecular complexity index is 1550. The quantitative estimate of drug-likeness (QED) is 0.333. The third-order valence-corrected chi connectivity index (χ3v) is 7.32. The molecular formula is C25H18ClN3O3S. The summed E-state index contributed by atoms with van der Waals surface area (Å²) < 4.78 is 33.9. The van der Waals surface area contributed by atoms with Crippen molar-refractivity contribution in [1.82, 2.24) is 14.6 Å². The van der Waals surface area contributed by atoms with E-state index in [1.807, 2.05) is 30.3 Å². The molecule has 0 fully saturated rings. The highest BCUT2D eigenvalue weighted by atomic mass is 35.5. The zero-order valence-corrected chi connectivity index (χ0v) is 19.1. The lowest BCUT2D eigenvalue weighted by Crippen LogP contribution is -2.09. The van der Waals surface area contributed by atoms with Crippen molar-refractivity contribution in [3.05, 3.63) is 96.1 Å². The monoisotopic (exact) mass is 475 g/mol. The van der Waals surface area contributed by atoms with Crippen LogP contribution in [0.3, 0.4) is 0 Å². The number of halogens is 1. The molecule has 0 saturated carbocycles. The fourth-order valence-electron chi connectivity index (χ4n) is 3.62. The third-order valence-electron chi connectivity index (χ3n) is 5.30. The van der Waals surface area contributed by atoms with E-state index in [1.54, 1.807) is 66.2 Å². The lowest BCUT2D eigenvalue weighted by atomic mass is 10.1. The van der Waals surface area contributed by atoms with Crippen molar-refractivity contribution >= 4 is 27.1 Å². The molecule has 5 aromatic rings. The molecule has 5 rings (SSSR count). The molecule has 2 aromatic heterocycles. The van der Waals surface area contributed by atoms with Crippen LogP contribution in [0.1, 0.15) is 0 Å². The van der Waals surface area contributed by atoms with Gasteiger partial charge in [0.05, 0.1) is 29.6 Å². The van der Waals surface area contributed by atoms with E-state index in [0.29, 0.717) is 27.6 Å². The minimum atomic E-state index is -3.86. The number of aromatic nitrogens is 3. The zero-order chi connectivity index (χ0) is 23.0. The lowest BCUT2D eigenvalue weighted by molar-refractivity contribution is 0.415. The van der Waals surface area contributed by atoms with Gasteiger partial charge in [-0.2, -0.15) is 5.10 Å². The molecule has 6 nitrogen and oxygen atoms in total. The van der Waals surface area contributed by atoms with Gasteiger partial charge in [0, 0.05) is 22.2 Å². The molecular weight excluding hydrogens is 458 g/mol. The molecule has 0 amide bonds. The Labute approximate surface area is 196 Å². The first-order valence-corrected chi connectivity index (χ1v) is 11.9. The average molecular weight is 476 g/mol. The van der Waals surface area contributed by atoms with Crippen LogP contribution in [0.4, 0.5) is 0 Å². The summed E-state index contributed by atoms with van der Waals surface area (Å²) in [5.41, 5.74) is 3.12. The predicted octanol–water partition coefficient (Wildman–Crippen LogP) is 5.56. The van der Waals surface area contributed by atoms with Gasteiger partial charge in [-0.1, -0.05) is 41.9 Å². The molecule has 0 unspecified atom stereocenters. The molecule has 0 saturated heterocycles. The summed E-state index contributed by atoms with van der Waals surface area (Å²) in [6.45, 7) is 0. The molecule has 8 heteroatoms. The number of ether oxygens (including phenoxy) is 1. The molecule has 0 aliphatic carbocycles. The Balaban J connectivity index is 1.77. The highest BCUT2D eigenvalue weighted by Crippen LogP contribution is 2.33. The Morgan fingerprint density at radius 2 is 1.55 bits per heavy atom. The average Bonchev–Trinajstić information content (AvgIpc) is 3.29. The molecule has 0 atom stereocenters. The molecule has 0 radical (unpaired) electrons. The number of methoxy groups -OCH3 is 1. The van der Waals surface area contributed by atoms with Crippen molar-refractivity contribution in [3.8, 4) is 28.3 Å². The normalized spacial score (nSPS) is 11.6. The van der Waals surface area contributed by atoms with Crippen LogP contribution in [0, 0.1) is 0 Å². The van der Waals surface area contributed by atoms with Gasteiger partial charge in [-0.25, -0.2) is 17.9 Å². The van der Waals surface area contributed by atoms with Crippen LogP contribution >= 0.6 is 11.6 Å². The van der Waals surface area contributed by atoms with Crippen molar-refractivity contribution in [2.45, 2.75) is 9.79 Å². The van der Waals surface area contributed by atoms with Gasteiger partial charge in [-0.3, -0.25) is 0 Å². The number of benzene rings is 3. The topological polar surface area (TPSA) is 73.6 Å². The second kappa shape index (κ2) is 8.35. The molecule has 0 aliphatic heterocycles. The number of hydrogen-bond donors (Lipinski definition) is 0. The second-order valence-electron chi connectivity index (χ2n) is 7.32. The van der Waals surface area contributed by atoms with E-state index >= 15 is 0 Å². The third kappa shape index (κ3) is 3.86. The zero-order valence-electron chi connectivity index (χ0n) is 17.5. The van der Waals surface area contributed by atoms with Crippen molar-refractivity contribution < 1.29 is 13.2 Å². The van der Waals surface area contributed by atoms with Gasteiger partial charge in [-0.15, -0.1) is 0 Å². The molecule has 0 aliphatic rings. The van der Waals surface area contributed by atoms with Crippen LogP contribution < -0.4 is 4.74 Å². The Kier molecular flexibility index (Phi) is 5.36. The molecule has 0 bridgehead atoms. The highest BCUT2D eigenvalue weighted by Gasteiger charge is 2.26. The van der Waals surface area contributed by atoms with E-state index in [0.717, 1.165) is 11.3 Å². The summed E-state index contributed by atoms with van der Waals surface area (Å²) >= 11 is 6.09. The number of fused-ring (bicyclic) bond motifs is 1. The number of sulfone groups is 1. The van der Waals surface area contributed by atoms with E-state index < -0.39 is 9.84 Å². The van der Waals surface area contributed by atoms with Crippen molar-refractivity contribution in [2.75, 3.05) is 7.11 Å². The van der Waals surface area contributed by atoms with Crippen molar-refractivity contribution in [2.24, 2.45) is 0 Å². The largest absolute Gasteiger partial charge is 0.497 e.